The summed E-state index contributed by atoms with van der Waals surface area (Å²) in [4.78, 5) is 0. The van der Waals surface area contributed by atoms with E-state index >= 15 is 0 Å². The monoisotopic (exact) mass is 316 g/mol. The Labute approximate surface area is 121 Å². The second kappa shape index (κ2) is 7.81. The first-order valence-electron chi connectivity index (χ1n) is 6.17. The zero-order valence-electron chi connectivity index (χ0n) is 10.9. The van der Waals surface area contributed by atoms with Crippen molar-refractivity contribution in [3.63, 3.8) is 0 Å². The van der Waals surface area contributed by atoms with E-state index in [0.29, 0.717) is 15.0 Å². The molecule has 0 heterocycles. The topological polar surface area (TPSA) is 9.23 Å². The van der Waals surface area contributed by atoms with E-state index in [9.17, 15) is 0 Å². The van der Waals surface area contributed by atoms with Crippen molar-refractivity contribution in [2.45, 2.75) is 13.0 Å². The summed E-state index contributed by atoms with van der Waals surface area (Å²) in [5, 5.41) is 0. The average Bonchev–Trinajstić information content (AvgIpc) is 2.48. The van der Waals surface area contributed by atoms with E-state index in [1.807, 2.05) is 31.2 Å². The Hall–Kier alpha value is -1.52. The minimum atomic E-state index is -0.114. The fourth-order valence-corrected chi connectivity index (χ4v) is 3.11. The van der Waals surface area contributed by atoms with Crippen LogP contribution >= 0.6 is 0 Å². The van der Waals surface area contributed by atoms with Gasteiger partial charge in [0, 0.05) is 0 Å². The summed E-state index contributed by atoms with van der Waals surface area (Å²) in [6, 6.07) is 20.6. The van der Waals surface area contributed by atoms with Crippen LogP contribution in [0.5, 0.6) is 0 Å². The van der Waals surface area contributed by atoms with Crippen molar-refractivity contribution in [3.8, 4) is 11.8 Å². The number of hydrogen-bond donors (Lipinski definition) is 0. The van der Waals surface area contributed by atoms with Gasteiger partial charge >= 0.3 is 121 Å². The Morgan fingerprint density at radius 1 is 1.00 bits per heavy atom. The van der Waals surface area contributed by atoms with Crippen LogP contribution in [0.1, 0.15) is 18.6 Å². The van der Waals surface area contributed by atoms with Crippen molar-refractivity contribution in [1.29, 1.82) is 0 Å². The molecule has 1 atom stereocenters. The SMILES string of the molecule is CC#CC(OC[Se]c1ccccc1)c1ccccc1. The Morgan fingerprint density at radius 2 is 1.63 bits per heavy atom. The normalized spacial score (nSPS) is 11.4. The van der Waals surface area contributed by atoms with Gasteiger partial charge < -0.3 is 0 Å². The number of rotatable bonds is 5. The van der Waals surface area contributed by atoms with Gasteiger partial charge in [-0.05, 0) is 0 Å². The van der Waals surface area contributed by atoms with E-state index in [-0.39, 0.29) is 6.10 Å². The van der Waals surface area contributed by atoms with E-state index in [0.717, 1.165) is 11.1 Å². The third-order valence-electron chi connectivity index (χ3n) is 2.58. The Kier molecular flexibility index (Phi) is 5.72. The molecule has 0 saturated carbocycles. The van der Waals surface area contributed by atoms with Crippen LogP contribution in [0.4, 0.5) is 0 Å². The molecule has 0 aliphatic carbocycles. The molecule has 0 aliphatic heterocycles. The molecule has 0 aromatic heterocycles. The van der Waals surface area contributed by atoms with Crippen molar-refractivity contribution >= 4 is 19.4 Å². The molecule has 1 nitrogen and oxygen atoms in total. The number of hydrogen-bond acceptors (Lipinski definition) is 1. The van der Waals surface area contributed by atoms with E-state index in [1.165, 1.54) is 4.46 Å². The molecule has 0 amide bonds. The van der Waals surface area contributed by atoms with Gasteiger partial charge in [0.15, 0.2) is 0 Å². The molecule has 2 heteroatoms. The summed E-state index contributed by atoms with van der Waals surface area (Å²) in [7, 11) is 0. The van der Waals surface area contributed by atoms with Crippen LogP contribution in [-0.2, 0) is 4.74 Å². The summed E-state index contributed by atoms with van der Waals surface area (Å²) in [6.45, 7) is 1.85. The van der Waals surface area contributed by atoms with E-state index < -0.39 is 0 Å². The predicted octanol–water partition coefficient (Wildman–Crippen LogP) is 2.75. The van der Waals surface area contributed by atoms with Gasteiger partial charge in [0.1, 0.15) is 0 Å². The molecule has 0 saturated heterocycles. The second-order valence-electron chi connectivity index (χ2n) is 3.93. The van der Waals surface area contributed by atoms with Gasteiger partial charge in [-0.3, -0.25) is 0 Å². The van der Waals surface area contributed by atoms with Crippen molar-refractivity contribution in [2.75, 3.05) is 5.51 Å². The molecule has 0 N–H and O–H groups in total. The first-order valence-corrected chi connectivity index (χ1v) is 8.23. The van der Waals surface area contributed by atoms with Crippen molar-refractivity contribution in [1.82, 2.24) is 0 Å². The summed E-state index contributed by atoms with van der Waals surface area (Å²) in [5.41, 5.74) is 1.87. The van der Waals surface area contributed by atoms with Crippen LogP contribution < -0.4 is 4.46 Å². The van der Waals surface area contributed by atoms with Crippen molar-refractivity contribution < 1.29 is 4.74 Å². The van der Waals surface area contributed by atoms with Crippen molar-refractivity contribution in [2.24, 2.45) is 0 Å². The molecule has 1 unspecified atom stereocenters. The summed E-state index contributed by atoms with van der Waals surface area (Å²) < 4.78 is 7.28. The molecular weight excluding hydrogens is 299 g/mol. The summed E-state index contributed by atoms with van der Waals surface area (Å²) >= 11 is 0.337. The number of ether oxygens (including phenoxy) is 1. The van der Waals surface area contributed by atoms with Gasteiger partial charge in [0.2, 0.25) is 0 Å². The fraction of sp³-hybridized carbons (Fsp3) is 0.176. The van der Waals surface area contributed by atoms with Crippen molar-refractivity contribution in [3.05, 3.63) is 66.2 Å². The van der Waals surface area contributed by atoms with Crippen LogP contribution in [0.3, 0.4) is 0 Å². The van der Waals surface area contributed by atoms with Gasteiger partial charge in [-0.1, -0.05) is 0 Å². The predicted molar refractivity (Wildman–Crippen MR) is 80.4 cm³/mol. The second-order valence-corrected chi connectivity index (χ2v) is 6.02. The van der Waals surface area contributed by atoms with Crippen LogP contribution in [0.2, 0.25) is 0 Å². The average molecular weight is 315 g/mol. The van der Waals surface area contributed by atoms with Gasteiger partial charge in [0.25, 0.3) is 0 Å². The minimum absolute atomic E-state index is 0.114. The van der Waals surface area contributed by atoms with E-state index in [2.05, 4.69) is 48.2 Å². The molecule has 19 heavy (non-hydrogen) atoms. The van der Waals surface area contributed by atoms with Crippen LogP contribution in [-0.4, -0.2) is 20.5 Å². The van der Waals surface area contributed by atoms with Crippen LogP contribution in [0.15, 0.2) is 60.7 Å². The molecule has 2 aromatic carbocycles. The maximum absolute atomic E-state index is 5.93. The molecule has 2 rings (SSSR count). The van der Waals surface area contributed by atoms with Gasteiger partial charge in [-0.2, -0.15) is 0 Å². The third-order valence-corrected chi connectivity index (χ3v) is 4.38. The molecule has 0 aliphatic rings. The fourth-order valence-electron chi connectivity index (χ4n) is 1.67. The molecule has 0 radical (unpaired) electrons. The molecule has 0 fully saturated rings. The van der Waals surface area contributed by atoms with Crippen LogP contribution in [0.25, 0.3) is 0 Å². The van der Waals surface area contributed by atoms with E-state index in [4.69, 9.17) is 4.74 Å². The van der Waals surface area contributed by atoms with Gasteiger partial charge in [0.05, 0.1) is 0 Å². The first-order chi connectivity index (χ1) is 9.40. The summed E-state index contributed by atoms with van der Waals surface area (Å²) in [6.07, 6.45) is -0.114. The molecule has 0 spiro atoms. The zero-order chi connectivity index (χ0) is 13.3. The zero-order valence-corrected chi connectivity index (χ0v) is 12.6. The Morgan fingerprint density at radius 3 is 2.26 bits per heavy atom. The van der Waals surface area contributed by atoms with Gasteiger partial charge in [-0.15, -0.1) is 0 Å². The van der Waals surface area contributed by atoms with Crippen LogP contribution in [0, 0.1) is 11.8 Å². The standard InChI is InChI=1S/C17H16OSe/c1-2-9-17(15-10-5-3-6-11-15)18-14-19-16-12-7-4-8-13-16/h3-8,10-13,17H,14H2,1H3. The number of benzene rings is 2. The Bertz CT molecular complexity index is 540. The Balaban J connectivity index is 1.93. The summed E-state index contributed by atoms with van der Waals surface area (Å²) in [5.74, 6) is 6.07. The maximum atomic E-state index is 5.93. The van der Waals surface area contributed by atoms with Gasteiger partial charge in [-0.25, -0.2) is 0 Å². The molecular formula is C17H16OSe. The molecule has 0 bridgehead atoms. The first kappa shape index (κ1) is 13.9. The molecule has 96 valence electrons. The molecule has 2 aromatic rings. The third kappa shape index (κ3) is 4.58. The van der Waals surface area contributed by atoms with E-state index in [1.54, 1.807) is 0 Å². The quantitative estimate of drug-likeness (QED) is 0.609.